The maximum atomic E-state index is 13.1. The van der Waals surface area contributed by atoms with E-state index in [4.69, 9.17) is 10.5 Å². The van der Waals surface area contributed by atoms with Gasteiger partial charge in [0.05, 0.1) is 12.2 Å². The van der Waals surface area contributed by atoms with Crippen molar-refractivity contribution in [3.8, 4) is 17.2 Å². The van der Waals surface area contributed by atoms with Crippen LogP contribution in [0.3, 0.4) is 0 Å². The van der Waals surface area contributed by atoms with Crippen LogP contribution in [0.15, 0.2) is 72.5 Å². The van der Waals surface area contributed by atoms with Crippen LogP contribution in [-0.2, 0) is 11.3 Å². The molecule has 0 aliphatic carbocycles. The molecule has 0 radical (unpaired) electrons. The molecule has 174 valence electrons. The second-order valence-electron chi connectivity index (χ2n) is 8.49. The number of carbonyl (C=O) groups is 1. The number of nitrogens with one attached hydrogen (secondary N) is 1. The zero-order valence-corrected chi connectivity index (χ0v) is 18.7. The molecule has 3 aromatic rings. The van der Waals surface area contributed by atoms with Gasteiger partial charge in [0.25, 0.3) is 0 Å². The summed E-state index contributed by atoms with van der Waals surface area (Å²) in [4.78, 5) is 14.1. The molecule has 1 amide bonds. The SMILES string of the molecule is C=CC(=O)N1CCC[C@@H](c2cn(-c3ccc(Oc4ccc(F)cc4)cc3)c3c2CNN=C3N)C1. The maximum absolute atomic E-state index is 13.1. The van der Waals surface area contributed by atoms with Crippen LogP contribution in [-0.4, -0.2) is 34.3 Å². The Balaban J connectivity index is 1.46. The molecular weight excluding hydrogens is 433 g/mol. The van der Waals surface area contributed by atoms with Crippen molar-refractivity contribution in [2.24, 2.45) is 10.8 Å². The molecule has 0 saturated carbocycles. The van der Waals surface area contributed by atoms with Gasteiger partial charge in [-0.05, 0) is 73.0 Å². The van der Waals surface area contributed by atoms with E-state index >= 15 is 0 Å². The number of amides is 1. The average molecular weight is 460 g/mol. The van der Waals surface area contributed by atoms with Gasteiger partial charge in [-0.2, -0.15) is 5.10 Å². The van der Waals surface area contributed by atoms with Gasteiger partial charge < -0.3 is 25.4 Å². The highest BCUT2D eigenvalue weighted by atomic mass is 19.1. The summed E-state index contributed by atoms with van der Waals surface area (Å²) in [5.41, 5.74) is 13.4. The second kappa shape index (κ2) is 9.05. The lowest BCUT2D eigenvalue weighted by Crippen LogP contribution is -2.38. The van der Waals surface area contributed by atoms with E-state index in [1.165, 1.54) is 23.8 Å². The molecule has 3 heterocycles. The van der Waals surface area contributed by atoms with E-state index in [2.05, 4.69) is 27.9 Å². The van der Waals surface area contributed by atoms with Crippen LogP contribution in [0.1, 0.15) is 35.6 Å². The first-order chi connectivity index (χ1) is 16.5. The number of fused-ring (bicyclic) bond motifs is 1. The number of amidine groups is 1. The Kier molecular flexibility index (Phi) is 5.79. The minimum atomic E-state index is -0.306. The van der Waals surface area contributed by atoms with Crippen molar-refractivity contribution in [3.05, 3.63) is 90.0 Å². The Morgan fingerprint density at radius 1 is 1.18 bits per heavy atom. The first kappa shape index (κ1) is 21.8. The van der Waals surface area contributed by atoms with Crippen LogP contribution in [0.2, 0.25) is 0 Å². The number of nitrogens with zero attached hydrogens (tertiary/aromatic N) is 3. The number of ether oxygens (including phenoxy) is 1. The quantitative estimate of drug-likeness (QED) is 0.565. The Morgan fingerprint density at radius 3 is 2.59 bits per heavy atom. The molecule has 3 N–H and O–H groups in total. The smallest absolute Gasteiger partial charge is 0.245 e. The fourth-order valence-corrected chi connectivity index (χ4v) is 4.71. The lowest BCUT2D eigenvalue weighted by molar-refractivity contribution is -0.127. The van der Waals surface area contributed by atoms with Gasteiger partial charge in [0.15, 0.2) is 5.84 Å². The zero-order valence-electron chi connectivity index (χ0n) is 18.7. The molecule has 5 rings (SSSR count). The van der Waals surface area contributed by atoms with E-state index in [1.807, 2.05) is 29.2 Å². The zero-order chi connectivity index (χ0) is 23.7. The van der Waals surface area contributed by atoms with Gasteiger partial charge in [0.2, 0.25) is 5.91 Å². The molecular formula is C26H26FN5O2. The topological polar surface area (TPSA) is 84.9 Å². The Labute approximate surface area is 197 Å². The number of aromatic nitrogens is 1. The predicted molar refractivity (Wildman–Crippen MR) is 129 cm³/mol. The van der Waals surface area contributed by atoms with Crippen LogP contribution >= 0.6 is 0 Å². The first-order valence-corrected chi connectivity index (χ1v) is 11.3. The molecule has 1 aromatic heterocycles. The number of likely N-dealkylation sites (tertiary alicyclic amines) is 1. The van der Waals surface area contributed by atoms with Crippen molar-refractivity contribution in [3.63, 3.8) is 0 Å². The highest BCUT2D eigenvalue weighted by Crippen LogP contribution is 2.35. The number of halogens is 1. The fourth-order valence-electron chi connectivity index (χ4n) is 4.71. The van der Waals surface area contributed by atoms with Crippen molar-refractivity contribution in [2.45, 2.75) is 25.3 Å². The van der Waals surface area contributed by atoms with Gasteiger partial charge in [-0.25, -0.2) is 4.39 Å². The van der Waals surface area contributed by atoms with Crippen LogP contribution in [0, 0.1) is 5.82 Å². The minimum Gasteiger partial charge on any atom is -0.457 e. The summed E-state index contributed by atoms with van der Waals surface area (Å²) in [6.07, 6.45) is 5.43. The normalized spacial score (nSPS) is 17.4. The lowest BCUT2D eigenvalue weighted by atomic mass is 9.89. The largest absolute Gasteiger partial charge is 0.457 e. The van der Waals surface area contributed by atoms with Crippen molar-refractivity contribution in [1.29, 1.82) is 0 Å². The Hall–Kier alpha value is -4.07. The number of hydrogen-bond acceptors (Lipinski definition) is 5. The van der Waals surface area contributed by atoms with Gasteiger partial charge in [-0.15, -0.1) is 0 Å². The van der Waals surface area contributed by atoms with Gasteiger partial charge >= 0.3 is 0 Å². The Morgan fingerprint density at radius 2 is 1.88 bits per heavy atom. The third kappa shape index (κ3) is 4.14. The van der Waals surface area contributed by atoms with Crippen LogP contribution < -0.4 is 15.9 Å². The summed E-state index contributed by atoms with van der Waals surface area (Å²) in [5, 5.41) is 4.24. The van der Waals surface area contributed by atoms with E-state index in [0.29, 0.717) is 30.4 Å². The summed E-state index contributed by atoms with van der Waals surface area (Å²) in [7, 11) is 0. The number of nitrogens with two attached hydrogens (primary N) is 1. The number of rotatable bonds is 5. The number of hydrogen-bond donors (Lipinski definition) is 2. The number of piperidine rings is 1. The minimum absolute atomic E-state index is 0.0334. The lowest BCUT2D eigenvalue weighted by Gasteiger charge is -2.32. The first-order valence-electron chi connectivity index (χ1n) is 11.3. The van der Waals surface area contributed by atoms with Gasteiger partial charge in [-0.3, -0.25) is 4.79 Å². The van der Waals surface area contributed by atoms with Crippen LogP contribution in [0.5, 0.6) is 11.5 Å². The van der Waals surface area contributed by atoms with Crippen molar-refractivity contribution < 1.29 is 13.9 Å². The summed E-state index contributed by atoms with van der Waals surface area (Å²) in [6, 6.07) is 13.5. The highest BCUT2D eigenvalue weighted by molar-refractivity contribution is 5.99. The second-order valence-corrected chi connectivity index (χ2v) is 8.49. The molecule has 0 unspecified atom stereocenters. The maximum Gasteiger partial charge on any atom is 0.245 e. The van der Waals surface area contributed by atoms with Gasteiger partial charge in [0.1, 0.15) is 17.3 Å². The third-order valence-electron chi connectivity index (χ3n) is 6.35. The molecule has 2 aliphatic heterocycles. The monoisotopic (exact) mass is 459 g/mol. The number of carbonyl (C=O) groups excluding carboxylic acids is 1. The molecule has 0 spiro atoms. The summed E-state index contributed by atoms with van der Waals surface area (Å²) < 4.78 is 21.0. The van der Waals surface area contributed by atoms with E-state index in [0.717, 1.165) is 36.3 Å². The van der Waals surface area contributed by atoms with Crippen molar-refractivity contribution >= 4 is 11.7 Å². The number of hydrazone groups is 1. The molecule has 1 atom stereocenters. The van der Waals surface area contributed by atoms with E-state index < -0.39 is 0 Å². The molecule has 0 bridgehead atoms. The van der Waals surface area contributed by atoms with E-state index in [-0.39, 0.29) is 17.6 Å². The average Bonchev–Trinajstić information content (AvgIpc) is 3.26. The molecule has 1 saturated heterocycles. The van der Waals surface area contributed by atoms with Crippen LogP contribution in [0.25, 0.3) is 5.69 Å². The predicted octanol–water partition coefficient (Wildman–Crippen LogP) is 4.02. The third-order valence-corrected chi connectivity index (χ3v) is 6.35. The number of benzene rings is 2. The molecule has 1 fully saturated rings. The fraction of sp³-hybridized carbons (Fsp3) is 0.231. The van der Waals surface area contributed by atoms with Gasteiger partial charge in [0, 0.05) is 36.5 Å². The molecule has 2 aliphatic rings. The molecule has 7 nitrogen and oxygen atoms in total. The van der Waals surface area contributed by atoms with Crippen molar-refractivity contribution in [1.82, 2.24) is 14.9 Å². The van der Waals surface area contributed by atoms with E-state index in [9.17, 15) is 9.18 Å². The Bertz CT molecular complexity index is 1250. The van der Waals surface area contributed by atoms with Gasteiger partial charge in [-0.1, -0.05) is 6.58 Å². The summed E-state index contributed by atoms with van der Waals surface area (Å²) in [5.74, 6) is 1.50. The van der Waals surface area contributed by atoms with E-state index in [1.54, 1.807) is 12.1 Å². The summed E-state index contributed by atoms with van der Waals surface area (Å²) in [6.45, 7) is 5.62. The standard InChI is InChI=1S/C26H26FN5O2/c1-2-24(33)31-13-3-4-17(15-31)23-16-32(25-22(23)14-29-30-26(25)28)19-7-11-21(12-8-19)34-20-9-5-18(27)6-10-20/h2,5-12,16-17,29H,1,3-4,13-15H2,(H2,28,30)/t17-/m1/s1. The van der Waals surface area contributed by atoms with Crippen LogP contribution in [0.4, 0.5) is 4.39 Å². The van der Waals surface area contributed by atoms with Crippen molar-refractivity contribution in [2.75, 3.05) is 13.1 Å². The molecule has 2 aromatic carbocycles. The molecule has 34 heavy (non-hydrogen) atoms. The molecule has 8 heteroatoms. The highest BCUT2D eigenvalue weighted by Gasteiger charge is 2.30. The summed E-state index contributed by atoms with van der Waals surface area (Å²) >= 11 is 0.